The van der Waals surface area contributed by atoms with Crippen LogP contribution in [0.1, 0.15) is 17.3 Å². The number of amides is 2. The molecule has 2 aromatic rings. The van der Waals surface area contributed by atoms with E-state index in [1.165, 1.54) is 50.4 Å². The van der Waals surface area contributed by atoms with Crippen molar-refractivity contribution in [1.82, 2.24) is 9.21 Å². The molecule has 0 heterocycles. The Morgan fingerprint density at radius 3 is 2.38 bits per heavy atom. The van der Waals surface area contributed by atoms with Crippen molar-refractivity contribution in [1.29, 1.82) is 0 Å². The van der Waals surface area contributed by atoms with Crippen LogP contribution in [0.3, 0.4) is 0 Å². The topological polar surface area (TPSA) is 96.0 Å². The molecule has 0 atom stereocenters. The monoisotopic (exact) mass is 419 g/mol. The normalized spacial score (nSPS) is 11.2. The lowest BCUT2D eigenvalue weighted by Gasteiger charge is -2.21. The van der Waals surface area contributed by atoms with Gasteiger partial charge in [-0.3, -0.25) is 9.59 Å². The largest absolute Gasteiger partial charge is 0.497 e. The molecule has 0 spiro atoms. The molecule has 0 unspecified atom stereocenters. The number of nitrogens with zero attached hydrogens (tertiary/aromatic N) is 2. The van der Waals surface area contributed by atoms with Crippen LogP contribution in [0.5, 0.6) is 5.75 Å². The third-order valence-corrected chi connectivity index (χ3v) is 6.03. The van der Waals surface area contributed by atoms with Crippen LogP contribution in [-0.4, -0.2) is 63.7 Å². The number of carbonyl (C=O) groups is 2. The lowest BCUT2D eigenvalue weighted by atomic mass is 10.2. The highest BCUT2D eigenvalue weighted by Gasteiger charge is 2.22. The van der Waals surface area contributed by atoms with Crippen LogP contribution in [0, 0.1) is 0 Å². The van der Waals surface area contributed by atoms with Crippen molar-refractivity contribution in [2.45, 2.75) is 11.8 Å². The van der Waals surface area contributed by atoms with Crippen LogP contribution < -0.4 is 10.1 Å². The van der Waals surface area contributed by atoms with Crippen LogP contribution >= 0.6 is 0 Å². The van der Waals surface area contributed by atoms with Gasteiger partial charge in [-0.15, -0.1) is 0 Å². The summed E-state index contributed by atoms with van der Waals surface area (Å²) in [4.78, 5) is 26.6. The number of carbonyl (C=O) groups excluding carboxylic acids is 2. The maximum atomic E-state index is 12.8. The minimum Gasteiger partial charge on any atom is -0.497 e. The Labute approximate surface area is 171 Å². The summed E-state index contributed by atoms with van der Waals surface area (Å²) >= 11 is 0. The van der Waals surface area contributed by atoms with Crippen molar-refractivity contribution in [3.8, 4) is 5.75 Å². The maximum Gasteiger partial charge on any atom is 0.254 e. The van der Waals surface area contributed by atoms with Gasteiger partial charge in [-0.2, -0.15) is 0 Å². The first-order chi connectivity index (χ1) is 13.7. The molecular weight excluding hydrogens is 394 g/mol. The average molecular weight is 420 g/mol. The number of methoxy groups -OCH3 is 1. The molecule has 2 amide bonds. The Morgan fingerprint density at radius 1 is 1.07 bits per heavy atom. The van der Waals surface area contributed by atoms with Gasteiger partial charge in [-0.1, -0.05) is 12.1 Å². The van der Waals surface area contributed by atoms with E-state index in [4.69, 9.17) is 4.74 Å². The minimum absolute atomic E-state index is 0.0187. The van der Waals surface area contributed by atoms with Crippen LogP contribution in [0.15, 0.2) is 53.4 Å². The summed E-state index contributed by atoms with van der Waals surface area (Å²) in [6.45, 7) is 1.86. The lowest BCUT2D eigenvalue weighted by Crippen LogP contribution is -2.38. The van der Waals surface area contributed by atoms with E-state index in [2.05, 4.69) is 5.32 Å². The summed E-state index contributed by atoms with van der Waals surface area (Å²) in [6.07, 6.45) is 0. The molecular formula is C20H25N3O5S. The first-order valence-electron chi connectivity index (χ1n) is 8.94. The predicted molar refractivity (Wildman–Crippen MR) is 111 cm³/mol. The second-order valence-electron chi connectivity index (χ2n) is 6.41. The van der Waals surface area contributed by atoms with Gasteiger partial charge in [-0.25, -0.2) is 12.7 Å². The van der Waals surface area contributed by atoms with Gasteiger partial charge in [0.2, 0.25) is 15.9 Å². The lowest BCUT2D eigenvalue weighted by molar-refractivity contribution is -0.116. The van der Waals surface area contributed by atoms with E-state index in [0.29, 0.717) is 11.4 Å². The molecule has 0 radical (unpaired) electrons. The molecule has 0 aliphatic rings. The summed E-state index contributed by atoms with van der Waals surface area (Å²) in [5, 5.41) is 2.72. The Hall–Kier alpha value is -2.91. The molecule has 0 aromatic heterocycles. The van der Waals surface area contributed by atoms with E-state index < -0.39 is 15.9 Å². The molecule has 0 bridgehead atoms. The highest BCUT2D eigenvalue weighted by molar-refractivity contribution is 7.89. The average Bonchev–Trinajstić information content (AvgIpc) is 2.71. The highest BCUT2D eigenvalue weighted by atomic mass is 32.2. The van der Waals surface area contributed by atoms with Gasteiger partial charge < -0.3 is 15.0 Å². The number of likely N-dealkylation sites (N-methyl/N-ethyl adjacent to an activating group) is 1. The van der Waals surface area contributed by atoms with Crippen LogP contribution in [0.2, 0.25) is 0 Å². The van der Waals surface area contributed by atoms with Crippen LogP contribution in [0.25, 0.3) is 0 Å². The predicted octanol–water partition coefficient (Wildman–Crippen LogP) is 2.05. The Bertz CT molecular complexity index is 989. The first-order valence-corrected chi connectivity index (χ1v) is 10.4. The number of sulfonamides is 1. The van der Waals surface area contributed by atoms with Crippen molar-refractivity contribution < 1.29 is 22.7 Å². The molecule has 0 aliphatic carbocycles. The second-order valence-corrected chi connectivity index (χ2v) is 8.57. The van der Waals surface area contributed by atoms with Gasteiger partial charge in [0.1, 0.15) is 12.3 Å². The number of anilines is 1. The molecule has 0 saturated carbocycles. The van der Waals surface area contributed by atoms with E-state index in [1.807, 2.05) is 0 Å². The fraction of sp³-hybridized carbons (Fsp3) is 0.300. The molecule has 0 saturated heterocycles. The van der Waals surface area contributed by atoms with E-state index >= 15 is 0 Å². The van der Waals surface area contributed by atoms with Gasteiger partial charge in [0.05, 0.1) is 12.0 Å². The highest BCUT2D eigenvalue weighted by Crippen LogP contribution is 2.18. The van der Waals surface area contributed by atoms with Gasteiger partial charge in [-0.05, 0) is 37.3 Å². The zero-order valence-electron chi connectivity index (χ0n) is 16.9. The third-order valence-electron chi connectivity index (χ3n) is 4.22. The standard InChI is InChI=1S/C20H25N3O5S/c1-5-23(14-19(24)21-16-9-7-10-17(13-16)28-4)20(25)15-8-6-11-18(12-15)29(26,27)22(2)3/h6-13H,5,14H2,1-4H3,(H,21,24). The summed E-state index contributed by atoms with van der Waals surface area (Å²) in [7, 11) is 0.710. The molecule has 1 N–H and O–H groups in total. The Balaban J connectivity index is 2.15. The van der Waals surface area contributed by atoms with Crippen LogP contribution in [-0.2, 0) is 14.8 Å². The number of hydrogen-bond acceptors (Lipinski definition) is 5. The summed E-state index contributed by atoms with van der Waals surface area (Å²) in [6, 6.07) is 12.7. The summed E-state index contributed by atoms with van der Waals surface area (Å²) < 4.78 is 30.8. The van der Waals surface area contributed by atoms with Crippen molar-refractivity contribution in [2.75, 3.05) is 39.6 Å². The van der Waals surface area contributed by atoms with Gasteiger partial charge in [0.15, 0.2) is 0 Å². The third kappa shape index (κ3) is 5.55. The number of ether oxygens (including phenoxy) is 1. The first kappa shape index (κ1) is 22.4. The van der Waals surface area contributed by atoms with Crippen molar-refractivity contribution in [3.05, 3.63) is 54.1 Å². The van der Waals surface area contributed by atoms with E-state index in [9.17, 15) is 18.0 Å². The number of rotatable bonds is 8. The molecule has 8 nitrogen and oxygen atoms in total. The molecule has 0 aliphatic heterocycles. The number of hydrogen-bond donors (Lipinski definition) is 1. The van der Waals surface area contributed by atoms with Gasteiger partial charge >= 0.3 is 0 Å². The zero-order chi connectivity index (χ0) is 21.6. The molecule has 29 heavy (non-hydrogen) atoms. The molecule has 2 aromatic carbocycles. The summed E-state index contributed by atoms with van der Waals surface area (Å²) in [5.74, 6) is -0.195. The summed E-state index contributed by atoms with van der Waals surface area (Å²) in [5.41, 5.74) is 0.751. The van der Waals surface area contributed by atoms with Crippen molar-refractivity contribution in [3.63, 3.8) is 0 Å². The molecule has 9 heteroatoms. The minimum atomic E-state index is -3.66. The molecule has 2 rings (SSSR count). The number of nitrogens with one attached hydrogen (secondary N) is 1. The number of benzene rings is 2. The Morgan fingerprint density at radius 2 is 1.76 bits per heavy atom. The van der Waals surface area contributed by atoms with Crippen molar-refractivity contribution >= 4 is 27.5 Å². The second kappa shape index (κ2) is 9.53. The zero-order valence-corrected chi connectivity index (χ0v) is 17.7. The molecule has 156 valence electrons. The smallest absolute Gasteiger partial charge is 0.254 e. The fourth-order valence-electron chi connectivity index (χ4n) is 2.58. The van der Waals surface area contributed by atoms with Gasteiger partial charge in [0.25, 0.3) is 5.91 Å². The van der Waals surface area contributed by atoms with E-state index in [1.54, 1.807) is 31.2 Å². The Kier molecular flexibility index (Phi) is 7.35. The SMILES string of the molecule is CCN(CC(=O)Nc1cccc(OC)c1)C(=O)c1cccc(S(=O)(=O)N(C)C)c1. The van der Waals surface area contributed by atoms with Crippen molar-refractivity contribution in [2.24, 2.45) is 0 Å². The van der Waals surface area contributed by atoms with Crippen LogP contribution in [0.4, 0.5) is 5.69 Å². The molecule has 0 fully saturated rings. The van der Waals surface area contributed by atoms with Gasteiger partial charge in [0, 0.05) is 38.0 Å². The fourth-order valence-corrected chi connectivity index (χ4v) is 3.53. The quantitative estimate of drug-likeness (QED) is 0.706. The maximum absolute atomic E-state index is 12.8. The van der Waals surface area contributed by atoms with E-state index in [0.717, 1.165) is 4.31 Å². The van der Waals surface area contributed by atoms with E-state index in [-0.39, 0.29) is 29.5 Å².